The molecular formula is C17H24N2O. The number of fused-ring (bicyclic) bond motifs is 1. The maximum atomic E-state index is 12.4. The molecule has 0 aliphatic rings. The Morgan fingerprint density at radius 3 is 2.55 bits per heavy atom. The Morgan fingerprint density at radius 1 is 1.25 bits per heavy atom. The van der Waals surface area contributed by atoms with Crippen LogP contribution in [0.3, 0.4) is 0 Å². The lowest BCUT2D eigenvalue weighted by Gasteiger charge is -2.08. The standard InChI is InChI=1S/C17H24N2O/c1-11(2)13-6-7-16-14(8-13)15(10-19(16)5)17(20)9-18-12(3)4/h6-8,10-12,18H,9H2,1-5H3. The summed E-state index contributed by atoms with van der Waals surface area (Å²) in [4.78, 5) is 12.4. The van der Waals surface area contributed by atoms with Crippen molar-refractivity contribution in [3.05, 3.63) is 35.5 Å². The van der Waals surface area contributed by atoms with Gasteiger partial charge in [-0.15, -0.1) is 0 Å². The van der Waals surface area contributed by atoms with Crippen LogP contribution < -0.4 is 5.32 Å². The second kappa shape index (κ2) is 5.80. The van der Waals surface area contributed by atoms with Crippen LogP contribution in [-0.2, 0) is 7.05 Å². The number of hydrogen-bond donors (Lipinski definition) is 1. The Balaban J connectivity index is 2.42. The first-order valence-electron chi connectivity index (χ1n) is 7.25. The van der Waals surface area contributed by atoms with E-state index in [4.69, 9.17) is 0 Å². The van der Waals surface area contributed by atoms with Crippen LogP contribution in [0.15, 0.2) is 24.4 Å². The van der Waals surface area contributed by atoms with Gasteiger partial charge in [-0.1, -0.05) is 33.8 Å². The number of Topliss-reactive ketones (excluding diaryl/α,β-unsaturated/α-hetero) is 1. The quantitative estimate of drug-likeness (QED) is 0.845. The van der Waals surface area contributed by atoms with Crippen molar-refractivity contribution in [2.24, 2.45) is 7.05 Å². The third kappa shape index (κ3) is 2.93. The van der Waals surface area contributed by atoms with Gasteiger partial charge < -0.3 is 9.88 Å². The Kier molecular flexibility index (Phi) is 4.29. The molecule has 0 saturated carbocycles. The van der Waals surface area contributed by atoms with Crippen molar-refractivity contribution < 1.29 is 4.79 Å². The van der Waals surface area contributed by atoms with Crippen LogP contribution in [0.25, 0.3) is 10.9 Å². The van der Waals surface area contributed by atoms with Gasteiger partial charge in [0.2, 0.25) is 0 Å². The second-order valence-corrected chi connectivity index (χ2v) is 6.04. The monoisotopic (exact) mass is 272 g/mol. The molecule has 0 atom stereocenters. The number of aryl methyl sites for hydroxylation is 1. The first-order chi connectivity index (χ1) is 9.40. The third-order valence-corrected chi connectivity index (χ3v) is 3.65. The van der Waals surface area contributed by atoms with E-state index in [1.165, 1.54) is 5.56 Å². The zero-order chi connectivity index (χ0) is 14.9. The van der Waals surface area contributed by atoms with Crippen molar-refractivity contribution in [3.8, 4) is 0 Å². The van der Waals surface area contributed by atoms with Crippen molar-refractivity contribution in [2.75, 3.05) is 6.54 Å². The van der Waals surface area contributed by atoms with Gasteiger partial charge in [0.05, 0.1) is 6.54 Å². The number of nitrogens with zero attached hydrogens (tertiary/aromatic N) is 1. The van der Waals surface area contributed by atoms with E-state index in [2.05, 4.69) is 37.4 Å². The minimum absolute atomic E-state index is 0.158. The molecule has 3 heteroatoms. The van der Waals surface area contributed by atoms with E-state index in [1.54, 1.807) is 0 Å². The summed E-state index contributed by atoms with van der Waals surface area (Å²) >= 11 is 0. The molecule has 1 N–H and O–H groups in total. The number of ketones is 1. The number of carbonyl (C=O) groups excluding carboxylic acids is 1. The summed E-state index contributed by atoms with van der Waals surface area (Å²) in [5.41, 5.74) is 3.20. The molecule has 2 aromatic rings. The lowest BCUT2D eigenvalue weighted by molar-refractivity contribution is 0.0990. The van der Waals surface area contributed by atoms with Gasteiger partial charge in [0, 0.05) is 35.8 Å². The van der Waals surface area contributed by atoms with E-state index < -0.39 is 0 Å². The van der Waals surface area contributed by atoms with Crippen molar-refractivity contribution in [2.45, 2.75) is 39.7 Å². The summed E-state index contributed by atoms with van der Waals surface area (Å²) in [6.45, 7) is 8.83. The van der Waals surface area contributed by atoms with Gasteiger partial charge in [-0.3, -0.25) is 4.79 Å². The summed E-state index contributed by atoms with van der Waals surface area (Å²) in [5.74, 6) is 0.626. The SMILES string of the molecule is CC(C)NCC(=O)c1cn(C)c2ccc(C(C)C)cc12. The summed E-state index contributed by atoms with van der Waals surface area (Å²) in [6.07, 6.45) is 1.94. The molecule has 1 aromatic carbocycles. The van der Waals surface area contributed by atoms with Crippen LogP contribution in [0.5, 0.6) is 0 Å². The zero-order valence-electron chi connectivity index (χ0n) is 13.0. The molecule has 0 unspecified atom stereocenters. The summed E-state index contributed by atoms with van der Waals surface area (Å²) in [5, 5.41) is 4.26. The van der Waals surface area contributed by atoms with Crippen molar-refractivity contribution >= 4 is 16.7 Å². The fourth-order valence-electron chi connectivity index (χ4n) is 2.38. The number of benzene rings is 1. The van der Waals surface area contributed by atoms with Crippen LogP contribution in [0.2, 0.25) is 0 Å². The van der Waals surface area contributed by atoms with E-state index in [9.17, 15) is 4.79 Å². The normalized spacial score (nSPS) is 11.8. The van der Waals surface area contributed by atoms with Crippen molar-refractivity contribution in [1.29, 1.82) is 0 Å². The minimum atomic E-state index is 0.158. The van der Waals surface area contributed by atoms with Gasteiger partial charge >= 0.3 is 0 Å². The van der Waals surface area contributed by atoms with Gasteiger partial charge in [-0.2, -0.15) is 0 Å². The second-order valence-electron chi connectivity index (χ2n) is 6.04. The molecule has 0 spiro atoms. The maximum absolute atomic E-state index is 12.4. The fourth-order valence-corrected chi connectivity index (χ4v) is 2.38. The number of rotatable bonds is 5. The first-order valence-corrected chi connectivity index (χ1v) is 7.25. The highest BCUT2D eigenvalue weighted by atomic mass is 16.1. The number of nitrogens with one attached hydrogen (secondary N) is 1. The molecule has 0 amide bonds. The minimum Gasteiger partial charge on any atom is -0.350 e. The highest BCUT2D eigenvalue weighted by Gasteiger charge is 2.15. The highest BCUT2D eigenvalue weighted by Crippen LogP contribution is 2.25. The molecule has 1 heterocycles. The van der Waals surface area contributed by atoms with E-state index >= 15 is 0 Å². The van der Waals surface area contributed by atoms with Crippen molar-refractivity contribution in [1.82, 2.24) is 9.88 Å². The molecule has 0 saturated heterocycles. The molecule has 0 radical (unpaired) electrons. The average Bonchev–Trinajstić information content (AvgIpc) is 2.73. The predicted octanol–water partition coefficient (Wildman–Crippen LogP) is 3.48. The van der Waals surface area contributed by atoms with Crippen LogP contribution in [0.4, 0.5) is 0 Å². The zero-order valence-corrected chi connectivity index (χ0v) is 13.0. The summed E-state index contributed by atoms with van der Waals surface area (Å²) in [7, 11) is 1.99. The Morgan fingerprint density at radius 2 is 1.95 bits per heavy atom. The van der Waals surface area contributed by atoms with Crippen LogP contribution in [-0.4, -0.2) is 22.9 Å². The molecule has 20 heavy (non-hydrogen) atoms. The molecule has 1 aromatic heterocycles. The van der Waals surface area contributed by atoms with Crippen LogP contribution in [0, 0.1) is 0 Å². The maximum Gasteiger partial charge on any atom is 0.178 e. The van der Waals surface area contributed by atoms with Gasteiger partial charge in [-0.05, 0) is 23.6 Å². The van der Waals surface area contributed by atoms with Crippen LogP contribution in [0.1, 0.15) is 49.5 Å². The van der Waals surface area contributed by atoms with Gasteiger partial charge in [0.25, 0.3) is 0 Å². The molecule has 108 valence electrons. The molecular weight excluding hydrogens is 248 g/mol. The first kappa shape index (κ1) is 14.8. The molecule has 2 rings (SSSR count). The topological polar surface area (TPSA) is 34.0 Å². The Hall–Kier alpha value is -1.61. The van der Waals surface area contributed by atoms with Gasteiger partial charge in [0.1, 0.15) is 0 Å². The van der Waals surface area contributed by atoms with Gasteiger partial charge in [-0.25, -0.2) is 0 Å². The van der Waals surface area contributed by atoms with Crippen molar-refractivity contribution in [3.63, 3.8) is 0 Å². The Labute approximate surface area is 121 Å². The lowest BCUT2D eigenvalue weighted by Crippen LogP contribution is -2.29. The predicted molar refractivity (Wildman–Crippen MR) is 84.5 cm³/mol. The highest BCUT2D eigenvalue weighted by molar-refractivity contribution is 6.09. The van der Waals surface area contributed by atoms with E-state index in [0.717, 1.165) is 16.5 Å². The summed E-state index contributed by atoms with van der Waals surface area (Å²) in [6, 6.07) is 6.73. The van der Waals surface area contributed by atoms with Gasteiger partial charge in [0.15, 0.2) is 5.78 Å². The molecule has 0 aliphatic carbocycles. The number of aromatic nitrogens is 1. The molecule has 3 nitrogen and oxygen atoms in total. The smallest absolute Gasteiger partial charge is 0.178 e. The number of hydrogen-bond acceptors (Lipinski definition) is 2. The fraction of sp³-hybridized carbons (Fsp3) is 0.471. The summed E-state index contributed by atoms with van der Waals surface area (Å²) < 4.78 is 2.03. The largest absolute Gasteiger partial charge is 0.350 e. The number of carbonyl (C=O) groups is 1. The molecule has 0 bridgehead atoms. The van der Waals surface area contributed by atoms with E-state index in [-0.39, 0.29) is 5.78 Å². The molecule has 0 aliphatic heterocycles. The average molecular weight is 272 g/mol. The van der Waals surface area contributed by atoms with Crippen LogP contribution >= 0.6 is 0 Å². The lowest BCUT2D eigenvalue weighted by atomic mass is 9.99. The van der Waals surface area contributed by atoms with E-state index in [1.807, 2.05) is 31.7 Å². The van der Waals surface area contributed by atoms with E-state index in [0.29, 0.717) is 18.5 Å². The molecule has 0 fully saturated rings. The third-order valence-electron chi connectivity index (χ3n) is 3.65. The Bertz CT molecular complexity index is 623.